The van der Waals surface area contributed by atoms with E-state index in [1.165, 1.54) is 6.92 Å². The van der Waals surface area contributed by atoms with E-state index in [1.807, 2.05) is 60.7 Å². The van der Waals surface area contributed by atoms with Gasteiger partial charge in [0.15, 0.2) is 6.10 Å². The molecule has 6 nitrogen and oxygen atoms in total. The minimum atomic E-state index is -1.26. The Balaban J connectivity index is 1.79. The zero-order chi connectivity index (χ0) is 20.8. The minimum Gasteiger partial charge on any atom is -0.452 e. The molecular weight excluding hydrogens is 372 g/mol. The van der Waals surface area contributed by atoms with Crippen molar-refractivity contribution < 1.29 is 28.9 Å². The van der Waals surface area contributed by atoms with Crippen molar-refractivity contribution in [1.29, 1.82) is 0 Å². The highest BCUT2D eigenvalue weighted by Gasteiger charge is 2.51. The van der Waals surface area contributed by atoms with Crippen LogP contribution in [0.25, 0.3) is 0 Å². The summed E-state index contributed by atoms with van der Waals surface area (Å²) in [4.78, 5) is 24.4. The molecule has 154 valence electrons. The lowest BCUT2D eigenvalue weighted by molar-refractivity contribution is -0.199. The zero-order valence-electron chi connectivity index (χ0n) is 16.6. The van der Waals surface area contributed by atoms with Gasteiger partial charge >= 0.3 is 5.97 Å². The van der Waals surface area contributed by atoms with E-state index in [9.17, 15) is 14.7 Å². The minimum absolute atomic E-state index is 0.206. The molecule has 2 aromatic rings. The molecule has 0 aromatic heterocycles. The molecule has 0 amide bonds. The van der Waals surface area contributed by atoms with Crippen LogP contribution in [0.3, 0.4) is 0 Å². The number of carbonyl (C=O) groups excluding carboxylic acids is 2. The second-order valence-electron chi connectivity index (χ2n) is 7.26. The third-order valence-electron chi connectivity index (χ3n) is 5.08. The maximum atomic E-state index is 13.0. The van der Waals surface area contributed by atoms with Crippen LogP contribution in [0.1, 0.15) is 25.0 Å². The third kappa shape index (κ3) is 5.29. The fourth-order valence-electron chi connectivity index (χ4n) is 3.49. The van der Waals surface area contributed by atoms with Crippen molar-refractivity contribution in [3.63, 3.8) is 0 Å². The Bertz CT molecular complexity index is 807. The predicted octanol–water partition coefficient (Wildman–Crippen LogP) is 2.67. The molecule has 0 bridgehead atoms. The van der Waals surface area contributed by atoms with E-state index in [4.69, 9.17) is 14.2 Å². The molecule has 5 unspecified atom stereocenters. The van der Waals surface area contributed by atoms with E-state index in [0.717, 1.165) is 11.1 Å². The van der Waals surface area contributed by atoms with Gasteiger partial charge in [-0.05, 0) is 11.1 Å². The van der Waals surface area contributed by atoms with Crippen molar-refractivity contribution in [2.24, 2.45) is 5.92 Å². The van der Waals surface area contributed by atoms with Crippen LogP contribution in [-0.4, -0.2) is 41.3 Å². The third-order valence-corrected chi connectivity index (χ3v) is 5.08. The molecule has 0 aliphatic heterocycles. The Kier molecular flexibility index (Phi) is 7.14. The van der Waals surface area contributed by atoms with Crippen molar-refractivity contribution in [2.75, 3.05) is 0 Å². The number of Topliss-reactive ketones (excluding diaryl/α,β-unsaturated/α-hetero) is 1. The van der Waals surface area contributed by atoms with Crippen molar-refractivity contribution in [3.8, 4) is 0 Å². The molecule has 1 aliphatic carbocycles. The molecule has 1 aliphatic rings. The Morgan fingerprint density at radius 3 is 1.93 bits per heavy atom. The van der Waals surface area contributed by atoms with Gasteiger partial charge in [-0.2, -0.15) is 0 Å². The Morgan fingerprint density at radius 1 is 0.897 bits per heavy atom. The molecule has 0 radical (unpaired) electrons. The van der Waals surface area contributed by atoms with E-state index in [1.54, 1.807) is 6.92 Å². The van der Waals surface area contributed by atoms with E-state index < -0.39 is 42.1 Å². The fraction of sp³-hybridized carbons (Fsp3) is 0.391. The van der Waals surface area contributed by atoms with E-state index in [-0.39, 0.29) is 13.2 Å². The zero-order valence-corrected chi connectivity index (χ0v) is 16.6. The number of ketones is 1. The van der Waals surface area contributed by atoms with Crippen LogP contribution in [0.2, 0.25) is 0 Å². The van der Waals surface area contributed by atoms with Gasteiger partial charge in [0.2, 0.25) is 5.78 Å². The van der Waals surface area contributed by atoms with E-state index >= 15 is 0 Å². The monoisotopic (exact) mass is 398 g/mol. The molecule has 1 N–H and O–H groups in total. The van der Waals surface area contributed by atoms with Gasteiger partial charge in [-0.15, -0.1) is 0 Å². The van der Waals surface area contributed by atoms with Crippen LogP contribution in [-0.2, 0) is 37.0 Å². The predicted molar refractivity (Wildman–Crippen MR) is 106 cm³/mol. The summed E-state index contributed by atoms with van der Waals surface area (Å²) in [5, 5.41) is 10.6. The highest BCUT2D eigenvalue weighted by Crippen LogP contribution is 2.31. The summed E-state index contributed by atoms with van der Waals surface area (Å²) in [6.45, 7) is 3.46. The SMILES string of the molecule is CC(=O)OC1C(=O)C(OCc2ccccc2)C(OCc2ccccc2)C(C)C1O. The van der Waals surface area contributed by atoms with Gasteiger partial charge in [-0.3, -0.25) is 9.59 Å². The average Bonchev–Trinajstić information content (AvgIpc) is 2.73. The lowest BCUT2D eigenvalue weighted by Gasteiger charge is -2.41. The maximum Gasteiger partial charge on any atom is 0.303 e. The highest BCUT2D eigenvalue weighted by molar-refractivity contribution is 5.91. The van der Waals surface area contributed by atoms with Crippen LogP contribution in [0.5, 0.6) is 0 Å². The van der Waals surface area contributed by atoms with Crippen LogP contribution >= 0.6 is 0 Å². The highest BCUT2D eigenvalue weighted by atomic mass is 16.6. The molecule has 1 saturated carbocycles. The number of hydrogen-bond acceptors (Lipinski definition) is 6. The molecule has 5 atom stereocenters. The van der Waals surface area contributed by atoms with Crippen LogP contribution in [0.4, 0.5) is 0 Å². The van der Waals surface area contributed by atoms with Crippen molar-refractivity contribution in [2.45, 2.75) is 51.5 Å². The number of rotatable bonds is 7. The smallest absolute Gasteiger partial charge is 0.303 e. The number of benzene rings is 2. The first kappa shape index (κ1) is 21.2. The summed E-state index contributed by atoms with van der Waals surface area (Å²) in [7, 11) is 0. The molecule has 1 fully saturated rings. The average molecular weight is 398 g/mol. The molecule has 0 saturated heterocycles. The lowest BCUT2D eigenvalue weighted by atomic mass is 9.80. The molecule has 2 aromatic carbocycles. The first-order valence-corrected chi connectivity index (χ1v) is 9.67. The number of esters is 1. The van der Waals surface area contributed by atoms with Crippen molar-refractivity contribution in [3.05, 3.63) is 71.8 Å². The van der Waals surface area contributed by atoms with Crippen LogP contribution in [0.15, 0.2) is 60.7 Å². The fourth-order valence-corrected chi connectivity index (χ4v) is 3.49. The van der Waals surface area contributed by atoms with Crippen LogP contribution < -0.4 is 0 Å². The molecule has 3 rings (SSSR count). The quantitative estimate of drug-likeness (QED) is 0.722. The summed E-state index contributed by atoms with van der Waals surface area (Å²) in [6.07, 6.45) is -4.06. The first-order valence-electron chi connectivity index (χ1n) is 9.67. The summed E-state index contributed by atoms with van der Waals surface area (Å²) in [5.74, 6) is -1.58. The van der Waals surface area contributed by atoms with Gasteiger partial charge in [0.1, 0.15) is 12.2 Å². The van der Waals surface area contributed by atoms with Gasteiger partial charge in [-0.1, -0.05) is 67.6 Å². The number of ether oxygens (including phenoxy) is 3. The van der Waals surface area contributed by atoms with E-state index in [2.05, 4.69) is 0 Å². The van der Waals surface area contributed by atoms with Gasteiger partial charge < -0.3 is 19.3 Å². The number of aliphatic hydroxyl groups excluding tert-OH is 1. The Hall–Kier alpha value is -2.54. The Morgan fingerprint density at radius 2 is 1.41 bits per heavy atom. The van der Waals surface area contributed by atoms with Gasteiger partial charge in [-0.25, -0.2) is 0 Å². The summed E-state index contributed by atoms with van der Waals surface area (Å²) in [6, 6.07) is 19.0. The standard InChI is InChI=1S/C23H26O6/c1-15-19(25)22(29-16(2)24)20(26)23(28-14-18-11-7-4-8-12-18)21(15)27-13-17-9-5-3-6-10-17/h3-12,15,19,21-23,25H,13-14H2,1-2H3. The van der Waals surface area contributed by atoms with Gasteiger partial charge in [0.25, 0.3) is 0 Å². The molecule has 29 heavy (non-hydrogen) atoms. The number of hydrogen-bond donors (Lipinski definition) is 1. The second-order valence-corrected chi connectivity index (χ2v) is 7.26. The second kappa shape index (κ2) is 9.78. The van der Waals surface area contributed by atoms with Gasteiger partial charge in [0, 0.05) is 12.8 Å². The van der Waals surface area contributed by atoms with Gasteiger partial charge in [0.05, 0.1) is 19.3 Å². The van der Waals surface area contributed by atoms with Crippen LogP contribution in [0, 0.1) is 5.92 Å². The normalized spacial score (nSPS) is 26.9. The number of carbonyl (C=O) groups is 2. The van der Waals surface area contributed by atoms with Crippen molar-refractivity contribution >= 4 is 11.8 Å². The maximum absolute atomic E-state index is 13.0. The topological polar surface area (TPSA) is 82.1 Å². The Labute approximate surface area is 170 Å². The molecular formula is C23H26O6. The first-order chi connectivity index (χ1) is 14.0. The summed E-state index contributed by atoms with van der Waals surface area (Å²) >= 11 is 0. The van der Waals surface area contributed by atoms with E-state index in [0.29, 0.717) is 0 Å². The molecule has 0 spiro atoms. The molecule has 0 heterocycles. The largest absolute Gasteiger partial charge is 0.452 e. The number of aliphatic hydroxyl groups is 1. The summed E-state index contributed by atoms with van der Waals surface area (Å²) in [5.41, 5.74) is 1.86. The summed E-state index contributed by atoms with van der Waals surface area (Å²) < 4.78 is 17.1. The lowest BCUT2D eigenvalue weighted by Crippen LogP contribution is -2.60. The van der Waals surface area contributed by atoms with Crippen molar-refractivity contribution in [1.82, 2.24) is 0 Å². The molecule has 6 heteroatoms.